The summed E-state index contributed by atoms with van der Waals surface area (Å²) in [5.41, 5.74) is 8.16. The number of benzene rings is 1. The number of carbonyl (C=O) groups is 3. The smallest absolute Gasteiger partial charge is 0.335 e. The van der Waals surface area contributed by atoms with Crippen LogP contribution in [-0.2, 0) is 9.59 Å². The first-order valence-electron chi connectivity index (χ1n) is 12.2. The van der Waals surface area contributed by atoms with Crippen molar-refractivity contribution in [3.05, 3.63) is 76.6 Å². The Labute approximate surface area is 237 Å². The fraction of sp³-hybridized carbons (Fsp3) is 0.259. The highest BCUT2D eigenvalue weighted by Gasteiger charge is 2.46. The number of ketones is 1. The number of furan rings is 1. The van der Waals surface area contributed by atoms with Crippen molar-refractivity contribution in [1.29, 1.82) is 5.26 Å². The maximum absolute atomic E-state index is 13.5. The van der Waals surface area contributed by atoms with Crippen LogP contribution in [0.1, 0.15) is 48.7 Å². The number of hydrogen-bond donors (Lipinski definition) is 3. The molecule has 1 amide bonds. The molecule has 1 aromatic carbocycles. The topological polar surface area (TPSA) is 175 Å². The molecule has 1 atom stereocenters. The highest BCUT2D eigenvalue weighted by Crippen LogP contribution is 2.50. The number of anilines is 2. The number of Topliss-reactive ketones (excluding diaryl/α,β-unsaturated/α-hetero) is 1. The SMILES string of the molecule is CC1(C)CC(=O)C2=C(C1)N(c1nnc(SCC(=O)Nc3ccc(C(=O)O)cc3)s1)C(N)=C(C#N)C2c1ccco1. The maximum Gasteiger partial charge on any atom is 0.335 e. The van der Waals surface area contributed by atoms with E-state index in [1.807, 2.05) is 13.8 Å². The van der Waals surface area contributed by atoms with E-state index >= 15 is 0 Å². The summed E-state index contributed by atoms with van der Waals surface area (Å²) < 4.78 is 6.12. The summed E-state index contributed by atoms with van der Waals surface area (Å²) in [6.07, 6.45) is 2.34. The minimum absolute atomic E-state index is 0.0319. The van der Waals surface area contributed by atoms with E-state index in [9.17, 15) is 19.6 Å². The predicted molar refractivity (Wildman–Crippen MR) is 148 cm³/mol. The third-order valence-electron chi connectivity index (χ3n) is 6.54. The number of nitrogens with two attached hydrogens (primary N) is 1. The van der Waals surface area contributed by atoms with Crippen LogP contribution >= 0.6 is 23.1 Å². The van der Waals surface area contributed by atoms with Crippen molar-refractivity contribution in [3.63, 3.8) is 0 Å². The molecule has 13 heteroatoms. The number of hydrogen-bond acceptors (Lipinski definition) is 11. The van der Waals surface area contributed by atoms with Crippen LogP contribution in [0.4, 0.5) is 10.8 Å². The number of aromatic nitrogens is 2. The molecule has 1 aliphatic carbocycles. The van der Waals surface area contributed by atoms with Crippen LogP contribution in [0.3, 0.4) is 0 Å². The average molecular weight is 577 g/mol. The number of nitrogens with one attached hydrogen (secondary N) is 1. The van der Waals surface area contributed by atoms with Crippen LogP contribution in [0, 0.1) is 16.7 Å². The van der Waals surface area contributed by atoms with E-state index < -0.39 is 11.9 Å². The van der Waals surface area contributed by atoms with E-state index in [1.165, 1.54) is 53.6 Å². The number of carboxylic acid groups (broad SMARTS) is 1. The van der Waals surface area contributed by atoms with Crippen molar-refractivity contribution in [2.75, 3.05) is 16.0 Å². The van der Waals surface area contributed by atoms with Crippen LogP contribution in [0.15, 0.2) is 74.1 Å². The second kappa shape index (κ2) is 10.6. The molecular formula is C27H24N6O5S2. The van der Waals surface area contributed by atoms with E-state index in [0.29, 0.717) is 45.0 Å². The summed E-state index contributed by atoms with van der Waals surface area (Å²) in [4.78, 5) is 38.6. The standard InChI is InChI=1S/C27H24N6O5S2/c1-27(2)10-17-22(18(34)11-27)21(19-4-3-9-38-19)16(12-28)23(29)33(17)25-31-32-26(40-25)39-13-20(35)30-15-7-5-14(6-8-15)24(36)37/h3-9,21H,10-11,13,29H2,1-2H3,(H,30,35)(H,36,37). The Hall–Kier alpha value is -4.41. The van der Waals surface area contributed by atoms with Gasteiger partial charge in [-0.3, -0.25) is 14.5 Å². The monoisotopic (exact) mass is 576 g/mol. The van der Waals surface area contributed by atoms with Gasteiger partial charge in [-0.2, -0.15) is 5.26 Å². The molecule has 5 rings (SSSR count). The Balaban J connectivity index is 1.39. The van der Waals surface area contributed by atoms with Crippen LogP contribution < -0.4 is 16.0 Å². The Morgan fingerprint density at radius 2 is 2.02 bits per heavy atom. The number of carbonyl (C=O) groups excluding carboxylic acids is 2. The van der Waals surface area contributed by atoms with Gasteiger partial charge in [0.1, 0.15) is 11.6 Å². The Morgan fingerprint density at radius 3 is 2.67 bits per heavy atom. The maximum atomic E-state index is 13.5. The van der Waals surface area contributed by atoms with Gasteiger partial charge in [0.15, 0.2) is 10.1 Å². The third-order valence-corrected chi connectivity index (χ3v) is 8.58. The lowest BCUT2D eigenvalue weighted by atomic mass is 9.69. The minimum atomic E-state index is -1.05. The summed E-state index contributed by atoms with van der Waals surface area (Å²) in [7, 11) is 0. The molecule has 0 fully saturated rings. The normalized spacial score (nSPS) is 18.4. The largest absolute Gasteiger partial charge is 0.478 e. The van der Waals surface area contributed by atoms with E-state index in [-0.39, 0.29) is 39.8 Å². The number of nitriles is 1. The first kappa shape index (κ1) is 27.2. The summed E-state index contributed by atoms with van der Waals surface area (Å²) >= 11 is 2.36. The molecule has 3 heterocycles. The molecule has 0 bridgehead atoms. The van der Waals surface area contributed by atoms with Gasteiger partial charge in [-0.25, -0.2) is 4.79 Å². The number of nitrogens with zero attached hydrogens (tertiary/aromatic N) is 4. The van der Waals surface area contributed by atoms with Crippen LogP contribution in [0.5, 0.6) is 0 Å². The Morgan fingerprint density at radius 1 is 1.27 bits per heavy atom. The van der Waals surface area contributed by atoms with E-state index in [0.717, 1.165) is 0 Å². The van der Waals surface area contributed by atoms with Gasteiger partial charge in [0.05, 0.1) is 35.1 Å². The van der Waals surface area contributed by atoms with E-state index in [2.05, 4.69) is 21.6 Å². The number of amides is 1. The summed E-state index contributed by atoms with van der Waals surface area (Å²) in [6.45, 7) is 4.01. The van der Waals surface area contributed by atoms with Gasteiger partial charge in [-0.15, -0.1) is 10.2 Å². The predicted octanol–water partition coefficient (Wildman–Crippen LogP) is 4.50. The second-order valence-corrected chi connectivity index (χ2v) is 12.2. The van der Waals surface area contributed by atoms with Crippen molar-refractivity contribution in [3.8, 4) is 6.07 Å². The Kier molecular flexibility index (Phi) is 7.22. The van der Waals surface area contributed by atoms with Gasteiger partial charge in [-0.1, -0.05) is 36.9 Å². The summed E-state index contributed by atoms with van der Waals surface area (Å²) in [5.74, 6) is -1.48. The second-order valence-electron chi connectivity index (χ2n) is 10.1. The molecule has 0 radical (unpaired) electrons. The molecule has 11 nitrogen and oxygen atoms in total. The van der Waals surface area contributed by atoms with Crippen LogP contribution in [-0.4, -0.2) is 38.7 Å². The number of allylic oxidation sites excluding steroid dienone is 3. The van der Waals surface area contributed by atoms with Crippen molar-refractivity contribution >= 4 is 51.6 Å². The lowest BCUT2D eigenvalue weighted by Crippen LogP contribution is -2.42. The van der Waals surface area contributed by atoms with Crippen molar-refractivity contribution in [2.45, 2.75) is 36.9 Å². The third kappa shape index (κ3) is 5.23. The molecule has 2 aromatic heterocycles. The van der Waals surface area contributed by atoms with E-state index in [1.54, 1.807) is 17.0 Å². The molecule has 3 aromatic rings. The van der Waals surface area contributed by atoms with Crippen molar-refractivity contribution < 1.29 is 23.9 Å². The van der Waals surface area contributed by atoms with Crippen LogP contribution in [0.2, 0.25) is 0 Å². The van der Waals surface area contributed by atoms with Gasteiger partial charge < -0.3 is 20.6 Å². The first-order valence-corrected chi connectivity index (χ1v) is 14.0. The van der Waals surface area contributed by atoms with Gasteiger partial charge in [0.25, 0.3) is 0 Å². The zero-order valence-electron chi connectivity index (χ0n) is 21.5. The zero-order valence-corrected chi connectivity index (χ0v) is 23.1. The van der Waals surface area contributed by atoms with Crippen molar-refractivity contribution in [2.24, 2.45) is 11.1 Å². The molecule has 1 unspecified atom stereocenters. The number of aromatic carboxylic acids is 1. The first-order chi connectivity index (χ1) is 19.1. The lowest BCUT2D eigenvalue weighted by Gasteiger charge is -2.42. The average Bonchev–Trinajstić information content (AvgIpc) is 3.59. The molecule has 0 spiro atoms. The number of rotatable bonds is 7. The summed E-state index contributed by atoms with van der Waals surface area (Å²) in [5, 5.41) is 30.7. The molecule has 1 aliphatic heterocycles. The van der Waals surface area contributed by atoms with Gasteiger partial charge >= 0.3 is 5.97 Å². The van der Waals surface area contributed by atoms with Gasteiger partial charge in [0.2, 0.25) is 11.0 Å². The van der Waals surface area contributed by atoms with E-state index in [4.69, 9.17) is 15.3 Å². The van der Waals surface area contributed by atoms with Crippen molar-refractivity contribution in [1.82, 2.24) is 10.2 Å². The quantitative estimate of drug-likeness (QED) is 0.338. The molecule has 40 heavy (non-hydrogen) atoms. The van der Waals surface area contributed by atoms with Gasteiger partial charge in [-0.05, 0) is 48.2 Å². The van der Waals surface area contributed by atoms with Crippen LogP contribution in [0.25, 0.3) is 0 Å². The molecule has 0 saturated heterocycles. The minimum Gasteiger partial charge on any atom is -0.478 e. The lowest BCUT2D eigenvalue weighted by molar-refractivity contribution is -0.118. The highest BCUT2D eigenvalue weighted by molar-refractivity contribution is 8.01. The van der Waals surface area contributed by atoms with Gasteiger partial charge in [0, 0.05) is 23.4 Å². The summed E-state index contributed by atoms with van der Waals surface area (Å²) in [6, 6.07) is 11.5. The Bertz CT molecular complexity index is 1600. The molecule has 204 valence electrons. The molecule has 0 saturated carbocycles. The fourth-order valence-electron chi connectivity index (χ4n) is 4.84. The zero-order chi connectivity index (χ0) is 28.6. The number of thioether (sulfide) groups is 1. The molecular weight excluding hydrogens is 552 g/mol. The number of carboxylic acids is 1. The molecule has 2 aliphatic rings. The highest BCUT2D eigenvalue weighted by atomic mass is 32.2. The molecule has 4 N–H and O–H groups in total. The fourth-order valence-corrected chi connectivity index (χ4v) is 6.52.